The third-order valence-corrected chi connectivity index (χ3v) is 4.07. The van der Waals surface area contributed by atoms with Gasteiger partial charge in [0.1, 0.15) is 0 Å². The number of urea groups is 1. The van der Waals surface area contributed by atoms with Crippen LogP contribution in [0.1, 0.15) is 5.56 Å². The highest BCUT2D eigenvalue weighted by Crippen LogP contribution is 2.12. The minimum absolute atomic E-state index is 0.0466. The number of rotatable bonds is 2. The molecule has 0 spiro atoms. The summed E-state index contributed by atoms with van der Waals surface area (Å²) in [5.74, 6) is 2.09. The van der Waals surface area contributed by atoms with E-state index in [9.17, 15) is 4.79 Å². The Hall–Kier alpha value is -0.680. The van der Waals surface area contributed by atoms with E-state index in [0.717, 1.165) is 34.6 Å². The molecule has 1 heterocycles. The van der Waals surface area contributed by atoms with Crippen molar-refractivity contribution in [1.82, 2.24) is 10.2 Å². The molecule has 0 aromatic heterocycles. The Morgan fingerprint density at radius 3 is 2.88 bits per heavy atom. The molecule has 3 nitrogen and oxygen atoms in total. The van der Waals surface area contributed by atoms with Gasteiger partial charge in [-0.2, -0.15) is 11.8 Å². The third kappa shape index (κ3) is 3.92. The number of nitrogens with one attached hydrogen (secondary N) is 1. The van der Waals surface area contributed by atoms with E-state index in [-0.39, 0.29) is 6.03 Å². The summed E-state index contributed by atoms with van der Waals surface area (Å²) >= 11 is 5.32. The van der Waals surface area contributed by atoms with Gasteiger partial charge in [-0.1, -0.05) is 28.1 Å². The molecule has 0 bridgehead atoms. The Balaban J connectivity index is 1.83. The number of amides is 2. The SMILES string of the molecule is O=C(NCc1cccc(Br)c1)N1CCSCC1. The van der Waals surface area contributed by atoms with Crippen LogP contribution < -0.4 is 5.32 Å². The number of hydrogen-bond donors (Lipinski definition) is 1. The van der Waals surface area contributed by atoms with Crippen molar-refractivity contribution in [3.8, 4) is 0 Å². The van der Waals surface area contributed by atoms with Crippen molar-refractivity contribution in [1.29, 1.82) is 0 Å². The second-order valence-corrected chi connectivity index (χ2v) is 6.03. The van der Waals surface area contributed by atoms with Crippen molar-refractivity contribution in [2.45, 2.75) is 6.54 Å². The molecule has 2 amide bonds. The van der Waals surface area contributed by atoms with Gasteiger partial charge in [0.05, 0.1) is 0 Å². The lowest BCUT2D eigenvalue weighted by Gasteiger charge is -2.26. The van der Waals surface area contributed by atoms with Crippen LogP contribution in [0.2, 0.25) is 0 Å². The van der Waals surface area contributed by atoms with Crippen LogP contribution in [-0.2, 0) is 6.54 Å². The minimum atomic E-state index is 0.0466. The molecule has 1 aromatic rings. The lowest BCUT2D eigenvalue weighted by Crippen LogP contribution is -2.44. The average Bonchev–Trinajstić information content (AvgIpc) is 2.37. The maximum atomic E-state index is 11.9. The van der Waals surface area contributed by atoms with E-state index in [1.54, 1.807) is 0 Å². The number of hydrogen-bond acceptors (Lipinski definition) is 2. The number of carbonyl (C=O) groups is 1. The average molecular weight is 315 g/mol. The van der Waals surface area contributed by atoms with Crippen LogP contribution in [0.5, 0.6) is 0 Å². The zero-order valence-electron chi connectivity index (χ0n) is 9.49. The summed E-state index contributed by atoms with van der Waals surface area (Å²) in [5, 5.41) is 2.95. The van der Waals surface area contributed by atoms with Crippen molar-refractivity contribution in [2.75, 3.05) is 24.6 Å². The molecule has 92 valence electrons. The fraction of sp³-hybridized carbons (Fsp3) is 0.417. The molecular formula is C12H15BrN2OS. The largest absolute Gasteiger partial charge is 0.334 e. The van der Waals surface area contributed by atoms with Gasteiger partial charge in [-0.3, -0.25) is 0 Å². The Labute approximate surface area is 114 Å². The van der Waals surface area contributed by atoms with Crippen LogP contribution in [0.4, 0.5) is 4.79 Å². The molecule has 2 rings (SSSR count). The Kier molecular flexibility index (Phi) is 4.74. The summed E-state index contributed by atoms with van der Waals surface area (Å²) in [5.41, 5.74) is 1.11. The van der Waals surface area contributed by atoms with Crippen LogP contribution in [0.15, 0.2) is 28.7 Å². The second-order valence-electron chi connectivity index (χ2n) is 3.89. The maximum absolute atomic E-state index is 11.9. The van der Waals surface area contributed by atoms with E-state index in [4.69, 9.17) is 0 Å². The van der Waals surface area contributed by atoms with Gasteiger partial charge in [0.2, 0.25) is 0 Å². The van der Waals surface area contributed by atoms with E-state index >= 15 is 0 Å². The fourth-order valence-corrected chi connectivity index (χ4v) is 3.05. The zero-order chi connectivity index (χ0) is 12.1. The molecule has 1 aliphatic rings. The number of benzene rings is 1. The predicted octanol–water partition coefficient (Wildman–Crippen LogP) is 2.71. The molecule has 0 radical (unpaired) electrons. The summed E-state index contributed by atoms with van der Waals surface area (Å²) in [7, 11) is 0. The van der Waals surface area contributed by atoms with Gasteiger partial charge in [-0.05, 0) is 17.7 Å². The molecule has 1 N–H and O–H groups in total. The van der Waals surface area contributed by atoms with Gasteiger partial charge in [-0.25, -0.2) is 4.79 Å². The van der Waals surface area contributed by atoms with Crippen LogP contribution in [-0.4, -0.2) is 35.5 Å². The lowest BCUT2D eigenvalue weighted by molar-refractivity contribution is 0.202. The first-order valence-electron chi connectivity index (χ1n) is 5.60. The normalized spacial score (nSPS) is 15.7. The quantitative estimate of drug-likeness (QED) is 0.910. The smallest absolute Gasteiger partial charge is 0.317 e. The van der Waals surface area contributed by atoms with Crippen molar-refractivity contribution in [2.24, 2.45) is 0 Å². The summed E-state index contributed by atoms with van der Waals surface area (Å²) < 4.78 is 1.04. The van der Waals surface area contributed by atoms with E-state index < -0.39 is 0 Å². The highest BCUT2D eigenvalue weighted by molar-refractivity contribution is 9.10. The summed E-state index contributed by atoms with van der Waals surface area (Å²) in [6, 6.07) is 8.03. The predicted molar refractivity (Wildman–Crippen MR) is 75.3 cm³/mol. The molecule has 1 aliphatic heterocycles. The Morgan fingerprint density at radius 1 is 1.41 bits per heavy atom. The topological polar surface area (TPSA) is 32.3 Å². The first-order valence-corrected chi connectivity index (χ1v) is 7.55. The van der Waals surface area contributed by atoms with Gasteiger partial charge in [0.15, 0.2) is 0 Å². The summed E-state index contributed by atoms with van der Waals surface area (Å²) in [4.78, 5) is 13.7. The first-order chi connectivity index (χ1) is 8.25. The number of carbonyl (C=O) groups excluding carboxylic acids is 1. The Bertz CT molecular complexity index is 394. The Morgan fingerprint density at radius 2 is 2.18 bits per heavy atom. The van der Waals surface area contributed by atoms with E-state index in [0.29, 0.717) is 6.54 Å². The third-order valence-electron chi connectivity index (χ3n) is 2.63. The zero-order valence-corrected chi connectivity index (χ0v) is 11.9. The highest BCUT2D eigenvalue weighted by Gasteiger charge is 2.15. The van der Waals surface area contributed by atoms with Crippen LogP contribution in [0.3, 0.4) is 0 Å². The fourth-order valence-electron chi connectivity index (χ4n) is 1.70. The monoisotopic (exact) mass is 314 g/mol. The highest BCUT2D eigenvalue weighted by atomic mass is 79.9. The first kappa shape index (κ1) is 12.8. The van der Waals surface area contributed by atoms with E-state index in [2.05, 4.69) is 21.2 Å². The van der Waals surface area contributed by atoms with E-state index in [1.807, 2.05) is 40.9 Å². The van der Waals surface area contributed by atoms with Gasteiger partial charge >= 0.3 is 6.03 Å². The van der Waals surface area contributed by atoms with Crippen molar-refractivity contribution < 1.29 is 4.79 Å². The standard InChI is InChI=1S/C12H15BrN2OS/c13-11-3-1-2-10(8-11)9-14-12(16)15-4-6-17-7-5-15/h1-3,8H,4-7,9H2,(H,14,16). The van der Waals surface area contributed by atoms with Gasteiger partial charge in [0, 0.05) is 35.6 Å². The molecule has 0 unspecified atom stereocenters. The molecule has 1 fully saturated rings. The number of thioether (sulfide) groups is 1. The number of halogens is 1. The molecule has 0 atom stereocenters. The molecule has 1 saturated heterocycles. The molecule has 5 heteroatoms. The lowest BCUT2D eigenvalue weighted by atomic mass is 10.2. The maximum Gasteiger partial charge on any atom is 0.317 e. The van der Waals surface area contributed by atoms with Crippen LogP contribution in [0.25, 0.3) is 0 Å². The van der Waals surface area contributed by atoms with Gasteiger partial charge in [-0.15, -0.1) is 0 Å². The number of nitrogens with zero attached hydrogens (tertiary/aromatic N) is 1. The molecule has 0 saturated carbocycles. The van der Waals surface area contributed by atoms with E-state index in [1.165, 1.54) is 0 Å². The molecule has 1 aromatic carbocycles. The minimum Gasteiger partial charge on any atom is -0.334 e. The molecule has 0 aliphatic carbocycles. The second kappa shape index (κ2) is 6.31. The van der Waals surface area contributed by atoms with Crippen LogP contribution in [0, 0.1) is 0 Å². The van der Waals surface area contributed by atoms with Gasteiger partial charge < -0.3 is 10.2 Å². The van der Waals surface area contributed by atoms with Crippen molar-refractivity contribution >= 4 is 33.7 Å². The van der Waals surface area contributed by atoms with Crippen molar-refractivity contribution in [3.63, 3.8) is 0 Å². The molecular weight excluding hydrogens is 300 g/mol. The van der Waals surface area contributed by atoms with Gasteiger partial charge in [0.25, 0.3) is 0 Å². The molecule has 17 heavy (non-hydrogen) atoms. The van der Waals surface area contributed by atoms with Crippen molar-refractivity contribution in [3.05, 3.63) is 34.3 Å². The summed E-state index contributed by atoms with van der Waals surface area (Å²) in [6.45, 7) is 2.30. The van der Waals surface area contributed by atoms with Crippen LogP contribution >= 0.6 is 27.7 Å². The summed E-state index contributed by atoms with van der Waals surface area (Å²) in [6.07, 6.45) is 0.